The lowest BCUT2D eigenvalue weighted by molar-refractivity contribution is -0.139. The highest BCUT2D eigenvalue weighted by atomic mass is 16.5. The van der Waals surface area contributed by atoms with Crippen molar-refractivity contribution in [3.05, 3.63) is 0 Å². The second kappa shape index (κ2) is 9.93. The second-order valence-electron chi connectivity index (χ2n) is 3.60. The Morgan fingerprint density at radius 2 is 2.07 bits per heavy atom. The van der Waals surface area contributed by atoms with Gasteiger partial charge in [0.15, 0.2) is 0 Å². The van der Waals surface area contributed by atoms with E-state index in [0.29, 0.717) is 19.6 Å². The minimum atomic E-state index is -0.773. The van der Waals surface area contributed by atoms with E-state index in [1.54, 1.807) is 0 Å². The van der Waals surface area contributed by atoms with Gasteiger partial charge in [0.05, 0.1) is 6.61 Å². The molecule has 0 amide bonds. The lowest BCUT2D eigenvalue weighted by Crippen LogP contribution is -2.38. The largest absolute Gasteiger partial charge is 0.480 e. The van der Waals surface area contributed by atoms with Gasteiger partial charge in [-0.15, -0.1) is 0 Å². The first kappa shape index (κ1) is 14.4. The Bertz CT molecular complexity index is 162. The third-order valence-corrected chi connectivity index (χ3v) is 2.15. The number of hydrogen-bond acceptors (Lipinski definition) is 3. The Labute approximate surface area is 92.0 Å². The molecule has 4 heteroatoms. The summed E-state index contributed by atoms with van der Waals surface area (Å²) in [5.74, 6) is -0.773. The molecule has 0 bridgehead atoms. The van der Waals surface area contributed by atoms with Gasteiger partial charge in [-0.3, -0.25) is 4.79 Å². The maximum Gasteiger partial charge on any atom is 0.320 e. The maximum atomic E-state index is 10.8. The molecule has 1 atom stereocenters. The lowest BCUT2D eigenvalue weighted by atomic mass is 10.2. The van der Waals surface area contributed by atoms with Crippen molar-refractivity contribution in [1.29, 1.82) is 0 Å². The molecule has 0 aromatic carbocycles. The van der Waals surface area contributed by atoms with Crippen molar-refractivity contribution in [1.82, 2.24) is 5.32 Å². The molecule has 0 spiro atoms. The molecule has 0 aliphatic rings. The summed E-state index contributed by atoms with van der Waals surface area (Å²) in [5.41, 5.74) is 0. The van der Waals surface area contributed by atoms with Gasteiger partial charge in [-0.05, 0) is 12.8 Å². The van der Waals surface area contributed by atoms with Crippen LogP contribution in [0.15, 0.2) is 0 Å². The molecule has 0 aliphatic heterocycles. The highest BCUT2D eigenvalue weighted by Gasteiger charge is 2.14. The number of aliphatic carboxylic acids is 1. The zero-order valence-corrected chi connectivity index (χ0v) is 9.79. The molecular formula is C11H23NO3. The summed E-state index contributed by atoms with van der Waals surface area (Å²) in [5, 5.41) is 11.8. The smallest absolute Gasteiger partial charge is 0.320 e. The maximum absolute atomic E-state index is 10.8. The third kappa shape index (κ3) is 8.39. The van der Waals surface area contributed by atoms with Crippen LogP contribution in [0.25, 0.3) is 0 Å². The van der Waals surface area contributed by atoms with Crippen LogP contribution in [0.1, 0.15) is 39.5 Å². The lowest BCUT2D eigenvalue weighted by Gasteiger charge is -2.13. The number of rotatable bonds is 10. The highest BCUT2D eigenvalue weighted by Crippen LogP contribution is 1.96. The summed E-state index contributed by atoms with van der Waals surface area (Å²) in [7, 11) is 0. The van der Waals surface area contributed by atoms with Gasteiger partial charge in [0.1, 0.15) is 6.04 Å². The highest BCUT2D eigenvalue weighted by molar-refractivity contribution is 5.73. The molecule has 0 aromatic rings. The van der Waals surface area contributed by atoms with Crippen molar-refractivity contribution in [3.8, 4) is 0 Å². The summed E-state index contributed by atoms with van der Waals surface area (Å²) in [6.07, 6.45) is 3.74. The van der Waals surface area contributed by atoms with E-state index in [2.05, 4.69) is 12.2 Å². The fourth-order valence-electron chi connectivity index (χ4n) is 1.26. The molecule has 4 nitrogen and oxygen atoms in total. The Hall–Kier alpha value is -0.610. The molecule has 0 heterocycles. The third-order valence-electron chi connectivity index (χ3n) is 2.15. The number of unbranched alkanes of at least 4 members (excludes halogenated alkanes) is 1. The number of carboxylic acid groups (broad SMARTS) is 1. The van der Waals surface area contributed by atoms with Crippen LogP contribution in [0.2, 0.25) is 0 Å². The van der Waals surface area contributed by atoms with Gasteiger partial charge in [-0.25, -0.2) is 0 Å². The van der Waals surface area contributed by atoms with Crippen molar-refractivity contribution in [2.24, 2.45) is 0 Å². The zero-order valence-electron chi connectivity index (χ0n) is 9.79. The predicted octanol–water partition coefficient (Wildman–Crippen LogP) is 1.65. The van der Waals surface area contributed by atoms with Crippen LogP contribution in [0, 0.1) is 0 Å². The molecule has 0 radical (unpaired) electrons. The topological polar surface area (TPSA) is 58.6 Å². The van der Waals surface area contributed by atoms with Gasteiger partial charge in [0, 0.05) is 13.2 Å². The van der Waals surface area contributed by atoms with E-state index >= 15 is 0 Å². The first-order valence-electron chi connectivity index (χ1n) is 5.76. The summed E-state index contributed by atoms with van der Waals surface area (Å²) in [4.78, 5) is 10.8. The minimum Gasteiger partial charge on any atom is -0.480 e. The van der Waals surface area contributed by atoms with Gasteiger partial charge in [-0.2, -0.15) is 0 Å². The van der Waals surface area contributed by atoms with Gasteiger partial charge in [-0.1, -0.05) is 26.7 Å². The zero-order chi connectivity index (χ0) is 11.5. The molecule has 0 saturated carbocycles. The first-order chi connectivity index (χ1) is 7.22. The van der Waals surface area contributed by atoms with E-state index in [1.807, 2.05) is 6.92 Å². The monoisotopic (exact) mass is 217 g/mol. The van der Waals surface area contributed by atoms with Crippen LogP contribution in [0.4, 0.5) is 0 Å². The van der Waals surface area contributed by atoms with Crippen molar-refractivity contribution in [2.45, 2.75) is 45.6 Å². The van der Waals surface area contributed by atoms with E-state index in [4.69, 9.17) is 9.84 Å². The Kier molecular flexibility index (Phi) is 9.52. The van der Waals surface area contributed by atoms with Crippen LogP contribution in [-0.4, -0.2) is 36.9 Å². The molecule has 1 unspecified atom stereocenters. The van der Waals surface area contributed by atoms with E-state index in [-0.39, 0.29) is 0 Å². The van der Waals surface area contributed by atoms with Crippen molar-refractivity contribution in [2.75, 3.05) is 19.8 Å². The molecule has 0 rings (SSSR count). The SMILES string of the molecule is CCCCOCCNC(CCC)C(=O)O. The molecular weight excluding hydrogens is 194 g/mol. The Morgan fingerprint density at radius 3 is 2.60 bits per heavy atom. The fraction of sp³-hybridized carbons (Fsp3) is 0.909. The summed E-state index contributed by atoms with van der Waals surface area (Å²) >= 11 is 0. The van der Waals surface area contributed by atoms with E-state index in [1.165, 1.54) is 0 Å². The summed E-state index contributed by atoms with van der Waals surface area (Å²) < 4.78 is 5.33. The van der Waals surface area contributed by atoms with E-state index < -0.39 is 12.0 Å². The summed E-state index contributed by atoms with van der Waals surface area (Å²) in [6, 6.07) is -0.426. The van der Waals surface area contributed by atoms with Gasteiger partial charge >= 0.3 is 5.97 Å². The molecule has 0 aliphatic carbocycles. The number of carboxylic acids is 1. The minimum absolute atomic E-state index is 0.426. The van der Waals surface area contributed by atoms with Gasteiger partial charge in [0.25, 0.3) is 0 Å². The number of carbonyl (C=O) groups is 1. The normalized spacial score (nSPS) is 12.7. The molecule has 15 heavy (non-hydrogen) atoms. The Balaban J connectivity index is 3.41. The molecule has 0 saturated heterocycles. The average molecular weight is 217 g/mol. The predicted molar refractivity (Wildman–Crippen MR) is 60.1 cm³/mol. The van der Waals surface area contributed by atoms with E-state index in [0.717, 1.165) is 25.9 Å². The fourth-order valence-corrected chi connectivity index (χ4v) is 1.26. The number of nitrogens with one attached hydrogen (secondary N) is 1. The van der Waals surface area contributed by atoms with Crippen LogP contribution < -0.4 is 5.32 Å². The van der Waals surface area contributed by atoms with Crippen LogP contribution in [0.3, 0.4) is 0 Å². The average Bonchev–Trinajstić information content (AvgIpc) is 2.21. The van der Waals surface area contributed by atoms with Gasteiger partial charge < -0.3 is 15.2 Å². The number of ether oxygens (including phenoxy) is 1. The molecule has 0 fully saturated rings. The van der Waals surface area contributed by atoms with Gasteiger partial charge in [0.2, 0.25) is 0 Å². The molecule has 0 aromatic heterocycles. The first-order valence-corrected chi connectivity index (χ1v) is 5.76. The van der Waals surface area contributed by atoms with Crippen LogP contribution in [-0.2, 0) is 9.53 Å². The quantitative estimate of drug-likeness (QED) is 0.546. The van der Waals surface area contributed by atoms with E-state index in [9.17, 15) is 4.79 Å². The molecule has 90 valence electrons. The molecule has 2 N–H and O–H groups in total. The van der Waals surface area contributed by atoms with Crippen molar-refractivity contribution in [3.63, 3.8) is 0 Å². The van der Waals surface area contributed by atoms with Crippen LogP contribution in [0.5, 0.6) is 0 Å². The number of hydrogen-bond donors (Lipinski definition) is 2. The van der Waals surface area contributed by atoms with Crippen molar-refractivity contribution >= 4 is 5.97 Å². The Morgan fingerprint density at radius 1 is 1.33 bits per heavy atom. The van der Waals surface area contributed by atoms with Crippen molar-refractivity contribution < 1.29 is 14.6 Å². The summed E-state index contributed by atoms with van der Waals surface area (Å²) in [6.45, 7) is 6.07. The van der Waals surface area contributed by atoms with Crippen LogP contribution >= 0.6 is 0 Å². The second-order valence-corrected chi connectivity index (χ2v) is 3.60. The standard InChI is InChI=1S/C11H23NO3/c1-3-5-8-15-9-7-12-10(6-4-2)11(13)14/h10,12H,3-9H2,1-2H3,(H,13,14).